The molecule has 300 valence electrons. The van der Waals surface area contributed by atoms with Gasteiger partial charge in [-0.15, -0.1) is 0 Å². The van der Waals surface area contributed by atoms with Crippen molar-refractivity contribution >= 4 is 87.2 Å². The predicted octanol–water partition coefficient (Wildman–Crippen LogP) is 12.8. The van der Waals surface area contributed by atoms with E-state index in [1.54, 1.807) is 0 Å². The third kappa shape index (κ3) is 4.92. The van der Waals surface area contributed by atoms with Crippen LogP contribution in [0.1, 0.15) is 5.56 Å². The van der Waals surface area contributed by atoms with Gasteiger partial charge in [0, 0.05) is 48.9 Å². The molecular weight excluding hydrogens is 783 g/mol. The summed E-state index contributed by atoms with van der Waals surface area (Å²) >= 11 is 0. The topological polar surface area (TPSA) is 50.6 Å². The molecule has 64 heavy (non-hydrogen) atoms. The van der Waals surface area contributed by atoms with Crippen molar-refractivity contribution in [1.82, 2.24) is 28.4 Å². The monoisotopic (exact) mass is 819 g/mol. The van der Waals surface area contributed by atoms with Crippen molar-refractivity contribution in [3.63, 3.8) is 0 Å². The van der Waals surface area contributed by atoms with Crippen LogP contribution in [0, 0.1) is 0 Å². The van der Waals surface area contributed by atoms with Gasteiger partial charge in [-0.2, -0.15) is 0 Å². The molecule has 0 unspecified atom stereocenters. The van der Waals surface area contributed by atoms with Crippen LogP contribution in [0.4, 0.5) is 0 Å². The van der Waals surface area contributed by atoms with E-state index < -0.39 is 0 Å². The molecule has 7 nitrogen and oxygen atoms in total. The number of nitrogens with zero attached hydrogens (tertiary/aromatic N) is 7. The Morgan fingerprint density at radius 1 is 0.359 bits per heavy atom. The van der Waals surface area contributed by atoms with E-state index in [1.165, 1.54) is 43.4 Å². The molecule has 5 heterocycles. The summed E-state index contributed by atoms with van der Waals surface area (Å²) in [5.41, 5.74) is 12.4. The summed E-state index contributed by atoms with van der Waals surface area (Å²) in [5, 5.41) is 15.0. The Bertz CT molecular complexity index is 4070. The Balaban J connectivity index is 1.02. The smallest absolute Gasteiger partial charge is 0.270 e. The number of fused-ring (bicyclic) bond motifs is 12. The largest absolute Gasteiger partial charge is 0.364 e. The molecule has 0 aliphatic carbocycles. The maximum absolute atomic E-state index is 5.53. The minimum absolute atomic E-state index is 0.560. The van der Waals surface area contributed by atoms with E-state index in [9.17, 15) is 0 Å². The molecular formula is C57H37N7. The second-order valence-corrected chi connectivity index (χ2v) is 16.7. The fraction of sp³-hybridized carbons (Fsp3) is 0.0175. The lowest BCUT2D eigenvalue weighted by Gasteiger charge is -2.13. The zero-order chi connectivity index (χ0) is 41.9. The second-order valence-electron chi connectivity index (χ2n) is 16.7. The molecule has 0 bridgehead atoms. The SMILES string of the molecule is c1ccc(C[n+]2[n-]c(-n3c4ccccc4c4c(-n5c6ccccc6c6cc(-n7c8ccccc8c8ccccc87)ccc65)cccc43)nc2-n2c3ccccc3c3ccccc32)cc1. The molecule has 0 radical (unpaired) electrons. The fourth-order valence-corrected chi connectivity index (χ4v) is 10.5. The number of rotatable bonds is 6. The first-order valence-electron chi connectivity index (χ1n) is 21.8. The molecule has 14 aromatic rings. The minimum atomic E-state index is 0.560. The molecule has 5 aromatic heterocycles. The first-order valence-corrected chi connectivity index (χ1v) is 21.8. The number of hydrogen-bond donors (Lipinski definition) is 0. The van der Waals surface area contributed by atoms with Gasteiger partial charge >= 0.3 is 0 Å². The van der Waals surface area contributed by atoms with Crippen molar-refractivity contribution in [3.8, 4) is 23.3 Å². The standard InChI is InChI=1S/C57H37N7/c1-2-17-37(18-3-1)36-60-57(64-49-28-13-6-21-41(49)42-22-7-14-29-50(42)64)58-56(59-60)63-51-30-15-9-24-44(51)55-53(31-16-32-54(55)63)62-48-27-12-8-23-43(48)45-35-38(33-34-52(45)62)61-46-25-10-4-19-39(46)40-20-5-11-26-47(40)61/h1-35H,36H2. The van der Waals surface area contributed by atoms with E-state index in [4.69, 9.17) is 10.1 Å². The van der Waals surface area contributed by atoms with Crippen LogP contribution in [0.3, 0.4) is 0 Å². The van der Waals surface area contributed by atoms with E-state index in [0.29, 0.717) is 12.5 Å². The summed E-state index contributed by atoms with van der Waals surface area (Å²) in [6.07, 6.45) is 0. The van der Waals surface area contributed by atoms with Crippen molar-refractivity contribution in [2.45, 2.75) is 6.54 Å². The van der Waals surface area contributed by atoms with Crippen LogP contribution in [0.15, 0.2) is 212 Å². The summed E-state index contributed by atoms with van der Waals surface area (Å²) < 4.78 is 11.4. The fourth-order valence-electron chi connectivity index (χ4n) is 10.5. The first kappa shape index (κ1) is 35.0. The average Bonchev–Trinajstić information content (AvgIpc) is 4.16. The molecule has 0 fully saturated rings. The highest BCUT2D eigenvalue weighted by Gasteiger charge is 2.23. The highest BCUT2D eigenvalue weighted by Crippen LogP contribution is 2.41. The van der Waals surface area contributed by atoms with Crippen LogP contribution in [0.2, 0.25) is 0 Å². The Hall–Kier alpha value is -8.68. The molecule has 0 amide bonds. The molecule has 7 heteroatoms. The normalized spacial score (nSPS) is 12.1. The van der Waals surface area contributed by atoms with Gasteiger partial charge in [-0.3, -0.25) is 4.98 Å². The molecule has 0 aliphatic rings. The molecule has 0 atom stereocenters. The summed E-state index contributed by atoms with van der Waals surface area (Å²) in [5.74, 6) is 1.38. The number of para-hydroxylation sites is 6. The molecule has 9 aromatic carbocycles. The van der Waals surface area contributed by atoms with E-state index in [1.807, 2.05) is 0 Å². The van der Waals surface area contributed by atoms with Crippen LogP contribution < -0.4 is 9.78 Å². The number of hydrogen-bond acceptors (Lipinski definition) is 1. The Morgan fingerprint density at radius 3 is 1.41 bits per heavy atom. The average molecular weight is 820 g/mol. The van der Waals surface area contributed by atoms with Gasteiger partial charge < -0.3 is 13.7 Å². The van der Waals surface area contributed by atoms with E-state index in [-0.39, 0.29) is 0 Å². The van der Waals surface area contributed by atoms with Gasteiger partial charge in [-0.05, 0) is 71.1 Å². The summed E-state index contributed by atoms with van der Waals surface area (Å²) in [6, 6.07) is 76.2. The molecule has 0 spiro atoms. The summed E-state index contributed by atoms with van der Waals surface area (Å²) in [6.45, 7) is 0.560. The number of aromatic nitrogens is 7. The summed E-state index contributed by atoms with van der Waals surface area (Å²) in [4.78, 5) is 5.53. The summed E-state index contributed by atoms with van der Waals surface area (Å²) in [7, 11) is 0. The van der Waals surface area contributed by atoms with Crippen LogP contribution in [0.25, 0.3) is 110 Å². The lowest BCUT2D eigenvalue weighted by molar-refractivity contribution is -0.741. The van der Waals surface area contributed by atoms with Crippen LogP contribution >= 0.6 is 0 Å². The Morgan fingerprint density at radius 2 is 0.812 bits per heavy atom. The van der Waals surface area contributed by atoms with Crippen molar-refractivity contribution < 1.29 is 4.68 Å². The van der Waals surface area contributed by atoms with Gasteiger partial charge in [-0.25, -0.2) is 14.3 Å². The zero-order valence-electron chi connectivity index (χ0n) is 34.5. The quantitative estimate of drug-likeness (QED) is 0.157. The lowest BCUT2D eigenvalue weighted by atomic mass is 10.1. The maximum Gasteiger partial charge on any atom is 0.270 e. The number of benzene rings is 9. The molecule has 14 rings (SSSR count). The van der Waals surface area contributed by atoms with Crippen molar-refractivity contribution in [3.05, 3.63) is 218 Å². The molecule has 0 aliphatic heterocycles. The minimum Gasteiger partial charge on any atom is -0.364 e. The van der Waals surface area contributed by atoms with Crippen LogP contribution in [0.5, 0.6) is 0 Å². The van der Waals surface area contributed by atoms with E-state index in [2.05, 4.69) is 235 Å². The first-order chi connectivity index (χ1) is 31.8. The van der Waals surface area contributed by atoms with Gasteiger partial charge in [0.05, 0.1) is 33.7 Å². The molecule has 0 saturated carbocycles. The van der Waals surface area contributed by atoms with Crippen molar-refractivity contribution in [2.75, 3.05) is 0 Å². The van der Waals surface area contributed by atoms with Crippen LogP contribution in [-0.2, 0) is 6.54 Å². The van der Waals surface area contributed by atoms with Gasteiger partial charge in [-0.1, -0.05) is 158 Å². The zero-order valence-corrected chi connectivity index (χ0v) is 34.5. The van der Waals surface area contributed by atoms with E-state index >= 15 is 0 Å². The second kappa shape index (κ2) is 13.4. The highest BCUT2D eigenvalue weighted by atomic mass is 15.5. The van der Waals surface area contributed by atoms with Gasteiger partial charge in [0.15, 0.2) is 0 Å². The van der Waals surface area contributed by atoms with Crippen molar-refractivity contribution in [2.24, 2.45) is 0 Å². The Labute approximate surface area is 366 Å². The Kier molecular flexibility index (Phi) is 7.33. The van der Waals surface area contributed by atoms with Gasteiger partial charge in [0.1, 0.15) is 17.6 Å². The maximum atomic E-state index is 5.53. The lowest BCUT2D eigenvalue weighted by Crippen LogP contribution is -2.42. The van der Waals surface area contributed by atoms with Crippen molar-refractivity contribution in [1.29, 1.82) is 0 Å². The van der Waals surface area contributed by atoms with Gasteiger partial charge in [0.2, 0.25) is 0 Å². The highest BCUT2D eigenvalue weighted by molar-refractivity contribution is 6.17. The predicted molar refractivity (Wildman–Crippen MR) is 261 cm³/mol. The third-order valence-electron chi connectivity index (χ3n) is 13.2. The van der Waals surface area contributed by atoms with Gasteiger partial charge in [0.25, 0.3) is 5.95 Å². The third-order valence-corrected chi connectivity index (χ3v) is 13.2. The molecule has 0 saturated heterocycles. The van der Waals surface area contributed by atoms with E-state index in [0.717, 1.165) is 66.8 Å². The van der Waals surface area contributed by atoms with Crippen LogP contribution in [-0.4, -0.2) is 23.3 Å². The molecule has 0 N–H and O–H groups in total.